The van der Waals surface area contributed by atoms with Crippen molar-refractivity contribution in [3.63, 3.8) is 0 Å². The van der Waals surface area contributed by atoms with Crippen LogP contribution in [0.2, 0.25) is 0 Å². The first-order valence-corrected chi connectivity index (χ1v) is 9.18. The maximum atomic E-state index is 12.8. The third-order valence-electron chi connectivity index (χ3n) is 4.52. The lowest BCUT2D eigenvalue weighted by Gasteiger charge is -2.29. The zero-order valence-electron chi connectivity index (χ0n) is 15.2. The predicted molar refractivity (Wildman–Crippen MR) is 110 cm³/mol. The fourth-order valence-electron chi connectivity index (χ4n) is 3.32. The molecule has 1 aliphatic rings. The molecule has 148 valence electrons. The molecule has 3 heterocycles. The van der Waals surface area contributed by atoms with Crippen LogP contribution >= 0.6 is 24.4 Å². The van der Waals surface area contributed by atoms with Gasteiger partial charge in [0.25, 0.3) is 11.2 Å². The molecule has 12 heteroatoms. The summed E-state index contributed by atoms with van der Waals surface area (Å²) in [6.45, 7) is 0. The first-order valence-electron chi connectivity index (χ1n) is 8.36. The Labute approximate surface area is 173 Å². The van der Waals surface area contributed by atoms with Gasteiger partial charge in [0.1, 0.15) is 5.82 Å². The number of hydrogen-bond acceptors (Lipinski definition) is 8. The molecular formula is C17H14N6O4S2. The minimum atomic E-state index is -0.623. The van der Waals surface area contributed by atoms with Gasteiger partial charge in [0.15, 0.2) is 4.77 Å². The van der Waals surface area contributed by atoms with E-state index in [1.54, 1.807) is 17.0 Å². The lowest BCUT2D eigenvalue weighted by Crippen LogP contribution is -2.27. The van der Waals surface area contributed by atoms with Crippen LogP contribution in [0.15, 0.2) is 29.1 Å². The number of nitro groups is 1. The number of aromatic nitrogens is 4. The second-order valence-electron chi connectivity index (χ2n) is 6.54. The van der Waals surface area contributed by atoms with E-state index in [0.29, 0.717) is 16.9 Å². The molecule has 0 saturated heterocycles. The average molecular weight is 430 g/mol. The Morgan fingerprint density at radius 2 is 1.83 bits per heavy atom. The Balaban J connectivity index is 2.06. The van der Waals surface area contributed by atoms with E-state index in [1.165, 1.54) is 12.1 Å². The molecule has 1 aliphatic heterocycles. The molecule has 10 nitrogen and oxygen atoms in total. The fourth-order valence-corrected chi connectivity index (χ4v) is 3.69. The summed E-state index contributed by atoms with van der Waals surface area (Å²) >= 11 is 10.3. The largest absolute Gasteiger partial charge is 0.422 e. The molecule has 2 aromatic heterocycles. The van der Waals surface area contributed by atoms with Crippen molar-refractivity contribution in [2.75, 3.05) is 19.0 Å². The molecular weight excluding hydrogens is 416 g/mol. The summed E-state index contributed by atoms with van der Waals surface area (Å²) in [6.07, 6.45) is 0. The highest BCUT2D eigenvalue weighted by molar-refractivity contribution is 7.71. The molecule has 0 saturated carbocycles. The lowest BCUT2D eigenvalue weighted by atomic mass is 9.85. The number of rotatable bonds is 3. The summed E-state index contributed by atoms with van der Waals surface area (Å²) in [4.78, 5) is 37.9. The van der Waals surface area contributed by atoms with E-state index in [9.17, 15) is 14.9 Å². The Hall–Kier alpha value is -3.38. The quantitative estimate of drug-likeness (QED) is 0.256. The molecule has 3 N–H and O–H groups in total. The van der Waals surface area contributed by atoms with E-state index in [4.69, 9.17) is 29.2 Å². The van der Waals surface area contributed by atoms with E-state index >= 15 is 0 Å². The third kappa shape index (κ3) is 3.21. The van der Waals surface area contributed by atoms with Crippen LogP contribution in [-0.2, 0) is 0 Å². The highest BCUT2D eigenvalue weighted by atomic mass is 32.1. The standard InChI is InChI=1S/C17H14N6O4S2/c1-22(2)12-10-9(7-3-5-8(6-4-7)23(25)26)11-13(24)19-17(29)21-15(11)27-14(10)20-16(28)18-12/h3-6,9H,1-2H3,(H,18,20,28)(H2,19,21,24,29). The number of nitrogens with one attached hydrogen (secondary N) is 3. The van der Waals surface area contributed by atoms with Gasteiger partial charge in [-0.25, -0.2) is 0 Å². The summed E-state index contributed by atoms with van der Waals surface area (Å²) in [5.41, 5.74) is 1.04. The van der Waals surface area contributed by atoms with E-state index in [2.05, 4.69) is 19.9 Å². The number of ether oxygens (including phenoxy) is 1. The fraction of sp³-hybridized carbons (Fsp3) is 0.176. The monoisotopic (exact) mass is 430 g/mol. The summed E-state index contributed by atoms with van der Waals surface area (Å²) in [7, 11) is 3.62. The van der Waals surface area contributed by atoms with Gasteiger partial charge in [0.05, 0.1) is 22.0 Å². The average Bonchev–Trinajstić information content (AvgIpc) is 2.65. The molecule has 4 rings (SSSR count). The van der Waals surface area contributed by atoms with Crippen LogP contribution in [-0.4, -0.2) is 39.0 Å². The number of hydrogen-bond donors (Lipinski definition) is 3. The number of H-pyrrole nitrogens is 3. The van der Waals surface area contributed by atoms with Crippen molar-refractivity contribution in [3.8, 4) is 11.8 Å². The van der Waals surface area contributed by atoms with E-state index in [-0.39, 0.29) is 32.6 Å². The zero-order valence-corrected chi connectivity index (χ0v) is 16.8. The minimum absolute atomic E-state index is 0.0546. The Kier molecular flexibility index (Phi) is 4.51. The maximum absolute atomic E-state index is 12.8. The van der Waals surface area contributed by atoms with Gasteiger partial charge in [-0.15, -0.1) is 0 Å². The second kappa shape index (κ2) is 6.90. The van der Waals surface area contributed by atoms with Crippen LogP contribution < -0.4 is 15.2 Å². The molecule has 0 bridgehead atoms. The molecule has 0 radical (unpaired) electrons. The summed E-state index contributed by atoms with van der Waals surface area (Å²) in [6, 6.07) is 5.97. The Bertz CT molecular complexity index is 1310. The smallest absolute Gasteiger partial charge is 0.269 e. The molecule has 3 aromatic rings. The summed E-state index contributed by atoms with van der Waals surface area (Å²) in [5, 5.41) is 11.0. The van der Waals surface area contributed by atoms with Crippen LogP contribution in [0.3, 0.4) is 0 Å². The Morgan fingerprint density at radius 1 is 1.14 bits per heavy atom. The van der Waals surface area contributed by atoms with Gasteiger partial charge >= 0.3 is 0 Å². The first kappa shape index (κ1) is 19.0. The molecule has 29 heavy (non-hydrogen) atoms. The van der Waals surface area contributed by atoms with Gasteiger partial charge in [-0.2, -0.15) is 4.98 Å². The second-order valence-corrected chi connectivity index (χ2v) is 7.33. The van der Waals surface area contributed by atoms with E-state index < -0.39 is 16.4 Å². The van der Waals surface area contributed by atoms with E-state index in [0.717, 1.165) is 0 Å². The predicted octanol–water partition coefficient (Wildman–Crippen LogP) is 3.15. The van der Waals surface area contributed by atoms with Crippen LogP contribution in [0.1, 0.15) is 22.6 Å². The third-order valence-corrected chi connectivity index (χ3v) is 4.92. The molecule has 0 fully saturated rings. The highest BCUT2D eigenvalue weighted by Crippen LogP contribution is 2.47. The number of benzene rings is 1. The molecule has 1 aromatic carbocycles. The van der Waals surface area contributed by atoms with Gasteiger partial charge in [-0.1, -0.05) is 12.1 Å². The lowest BCUT2D eigenvalue weighted by molar-refractivity contribution is -0.384. The zero-order chi connectivity index (χ0) is 20.9. The van der Waals surface area contributed by atoms with Gasteiger partial charge in [-0.05, 0) is 30.0 Å². The molecule has 0 spiro atoms. The topological polar surface area (TPSA) is 133 Å². The number of aromatic amines is 3. The summed E-state index contributed by atoms with van der Waals surface area (Å²) in [5.74, 6) is 0.370. The summed E-state index contributed by atoms with van der Waals surface area (Å²) < 4.78 is 6.16. The SMILES string of the molecule is CN(C)c1[nH]c(=S)nc2c1C(c1ccc([N+](=O)[O-])cc1)c1c([nH]c(=S)[nH]c1=O)O2. The maximum Gasteiger partial charge on any atom is 0.269 e. The van der Waals surface area contributed by atoms with Gasteiger partial charge in [0, 0.05) is 26.2 Å². The van der Waals surface area contributed by atoms with Crippen molar-refractivity contribution in [2.45, 2.75) is 5.92 Å². The normalized spacial score (nSPS) is 14.5. The number of nitro benzene ring substituents is 1. The number of nitrogens with zero attached hydrogens (tertiary/aromatic N) is 3. The van der Waals surface area contributed by atoms with E-state index in [1.807, 2.05) is 14.1 Å². The van der Waals surface area contributed by atoms with Crippen molar-refractivity contribution in [1.29, 1.82) is 0 Å². The van der Waals surface area contributed by atoms with Crippen molar-refractivity contribution >= 4 is 35.9 Å². The van der Waals surface area contributed by atoms with Gasteiger partial charge < -0.3 is 19.6 Å². The minimum Gasteiger partial charge on any atom is -0.422 e. The van der Waals surface area contributed by atoms with Crippen molar-refractivity contribution in [2.24, 2.45) is 0 Å². The first-order chi connectivity index (χ1) is 13.8. The van der Waals surface area contributed by atoms with Crippen molar-refractivity contribution < 1.29 is 9.66 Å². The van der Waals surface area contributed by atoms with Crippen molar-refractivity contribution in [1.82, 2.24) is 19.9 Å². The highest BCUT2D eigenvalue weighted by Gasteiger charge is 2.36. The molecule has 0 amide bonds. The Morgan fingerprint density at radius 3 is 2.45 bits per heavy atom. The van der Waals surface area contributed by atoms with Crippen LogP contribution in [0.25, 0.3) is 0 Å². The molecule has 1 atom stereocenters. The molecule has 0 aliphatic carbocycles. The van der Waals surface area contributed by atoms with Crippen LogP contribution in [0, 0.1) is 19.7 Å². The number of fused-ring (bicyclic) bond motifs is 2. The van der Waals surface area contributed by atoms with Crippen LogP contribution in [0.5, 0.6) is 11.8 Å². The number of anilines is 1. The van der Waals surface area contributed by atoms with Crippen LogP contribution in [0.4, 0.5) is 11.5 Å². The van der Waals surface area contributed by atoms with Crippen molar-refractivity contribution in [3.05, 3.63) is 71.0 Å². The van der Waals surface area contributed by atoms with Gasteiger partial charge in [-0.3, -0.25) is 19.9 Å². The molecule has 1 unspecified atom stereocenters. The number of non-ortho nitro benzene ring substituents is 1. The van der Waals surface area contributed by atoms with Gasteiger partial charge in [0.2, 0.25) is 16.5 Å².